The Labute approximate surface area is 395 Å². The van der Waals surface area contributed by atoms with E-state index in [4.69, 9.17) is 0 Å². The second-order valence-corrected chi connectivity index (χ2v) is 18.0. The highest BCUT2D eigenvalue weighted by atomic mass is 15.2. The fraction of sp³-hybridized carbons (Fsp3) is 0.0154. The molecule has 3 heteroatoms. The molecule has 0 N–H and O–H groups in total. The predicted octanol–water partition coefficient (Wildman–Crippen LogP) is 17.2. The molecule has 2 aliphatic rings. The SMILES string of the molecule is c1ccc(N(c2cc3c4c(c2)C(c2ccccc2)(c2ccccc2)c2ccccc2N4c2ccccc2-c2c-3ccc3ccccc23)c2ccc3c(c2)c2ccccc2n3-c2ccccc2)cc1. The van der Waals surface area contributed by atoms with Crippen molar-refractivity contribution in [2.24, 2.45) is 0 Å². The summed E-state index contributed by atoms with van der Waals surface area (Å²) in [5.41, 5.74) is 19.3. The Hall–Kier alpha value is -8.92. The number of rotatable bonds is 6. The van der Waals surface area contributed by atoms with Gasteiger partial charge in [0.2, 0.25) is 0 Å². The second-order valence-electron chi connectivity index (χ2n) is 18.0. The number of hydrogen-bond donors (Lipinski definition) is 0. The third-order valence-corrected chi connectivity index (χ3v) is 14.5. The van der Waals surface area contributed by atoms with Gasteiger partial charge in [-0.3, -0.25) is 0 Å². The first kappa shape index (κ1) is 38.4. The molecule has 0 radical (unpaired) electrons. The van der Waals surface area contributed by atoms with Gasteiger partial charge in [-0.05, 0) is 117 Å². The fourth-order valence-corrected chi connectivity index (χ4v) is 11.8. The minimum absolute atomic E-state index is 0.707. The van der Waals surface area contributed by atoms with Crippen LogP contribution in [0, 0.1) is 0 Å². The number of nitrogens with zero attached hydrogens (tertiary/aromatic N) is 3. The Morgan fingerprint density at radius 1 is 0.338 bits per heavy atom. The largest absolute Gasteiger partial charge is 0.310 e. The molecule has 318 valence electrons. The number of anilines is 6. The first-order chi connectivity index (χ1) is 33.8. The number of benzene rings is 11. The van der Waals surface area contributed by atoms with Gasteiger partial charge in [-0.25, -0.2) is 0 Å². The summed E-state index contributed by atoms with van der Waals surface area (Å²) < 4.78 is 2.40. The van der Waals surface area contributed by atoms with Crippen LogP contribution in [0.5, 0.6) is 0 Å². The Morgan fingerprint density at radius 2 is 0.941 bits per heavy atom. The van der Waals surface area contributed by atoms with Crippen molar-refractivity contribution in [3.8, 4) is 27.9 Å². The quantitative estimate of drug-likeness (QED) is 0.165. The Morgan fingerprint density at radius 3 is 1.71 bits per heavy atom. The molecular formula is C65H43N3. The van der Waals surface area contributed by atoms with E-state index in [0.717, 1.165) is 22.7 Å². The zero-order valence-electron chi connectivity index (χ0n) is 37.2. The Balaban J connectivity index is 1.15. The summed E-state index contributed by atoms with van der Waals surface area (Å²) in [6, 6.07) is 96.6. The van der Waals surface area contributed by atoms with Crippen LogP contribution in [0.4, 0.5) is 34.1 Å². The van der Waals surface area contributed by atoms with E-state index in [0.29, 0.717) is 0 Å². The maximum atomic E-state index is 2.58. The number of para-hydroxylation sites is 5. The highest BCUT2D eigenvalue weighted by Crippen LogP contribution is 2.64. The molecule has 0 atom stereocenters. The molecule has 0 saturated carbocycles. The van der Waals surface area contributed by atoms with Crippen molar-refractivity contribution in [2.75, 3.05) is 9.80 Å². The van der Waals surface area contributed by atoms with Gasteiger partial charge in [-0.1, -0.05) is 188 Å². The molecular weight excluding hydrogens is 823 g/mol. The van der Waals surface area contributed by atoms with E-state index in [2.05, 4.69) is 275 Å². The maximum Gasteiger partial charge on any atom is 0.0743 e. The lowest BCUT2D eigenvalue weighted by atomic mass is 9.62. The Bertz CT molecular complexity index is 3870. The molecule has 68 heavy (non-hydrogen) atoms. The Kier molecular flexibility index (Phi) is 8.50. The number of hydrogen-bond acceptors (Lipinski definition) is 2. The fourth-order valence-electron chi connectivity index (χ4n) is 11.8. The van der Waals surface area contributed by atoms with Crippen LogP contribution in [0.25, 0.3) is 60.5 Å². The first-order valence-electron chi connectivity index (χ1n) is 23.5. The summed E-state index contributed by atoms with van der Waals surface area (Å²) >= 11 is 0. The molecule has 0 saturated heterocycles. The molecule has 2 aliphatic heterocycles. The van der Waals surface area contributed by atoms with Crippen molar-refractivity contribution < 1.29 is 0 Å². The zero-order chi connectivity index (χ0) is 44.8. The van der Waals surface area contributed by atoms with E-state index in [-0.39, 0.29) is 0 Å². The average Bonchev–Trinajstić information content (AvgIpc) is 3.68. The molecule has 3 nitrogen and oxygen atoms in total. The predicted molar refractivity (Wildman–Crippen MR) is 284 cm³/mol. The summed E-state index contributed by atoms with van der Waals surface area (Å²) in [4.78, 5) is 5.06. The van der Waals surface area contributed by atoms with Crippen LogP contribution < -0.4 is 9.80 Å². The van der Waals surface area contributed by atoms with Gasteiger partial charge in [0, 0.05) is 44.6 Å². The molecule has 1 aromatic heterocycles. The van der Waals surface area contributed by atoms with Crippen LogP contribution >= 0.6 is 0 Å². The lowest BCUT2D eigenvalue weighted by molar-refractivity contribution is 0.732. The van der Waals surface area contributed by atoms with Crippen LogP contribution in [0.3, 0.4) is 0 Å². The summed E-state index contributed by atoms with van der Waals surface area (Å²) in [6.45, 7) is 0. The summed E-state index contributed by atoms with van der Waals surface area (Å²) in [5.74, 6) is 0. The molecule has 0 aliphatic carbocycles. The van der Waals surface area contributed by atoms with Crippen LogP contribution in [0.15, 0.2) is 261 Å². The van der Waals surface area contributed by atoms with E-state index in [1.54, 1.807) is 0 Å². The lowest BCUT2D eigenvalue weighted by Gasteiger charge is -2.47. The third-order valence-electron chi connectivity index (χ3n) is 14.5. The standard InChI is InChI=1S/C65H43N3/c1-5-22-45(23-6-1)65(46-24-7-2-8-25-46)57-33-17-20-36-62(57)68-60-35-19-16-32-54(60)63-51-30-14-13-21-44(51)37-39-53(63)56-42-50(43-58(65)64(56)68)66(47-26-9-3-10-27-47)49-38-40-61-55(41-49)52-31-15-18-34-59(52)67(61)48-28-11-4-12-29-48/h1-43H. The van der Waals surface area contributed by atoms with Crippen molar-refractivity contribution in [1.82, 2.24) is 4.57 Å². The zero-order valence-corrected chi connectivity index (χ0v) is 37.2. The van der Waals surface area contributed by atoms with Gasteiger partial charge >= 0.3 is 0 Å². The van der Waals surface area contributed by atoms with Gasteiger partial charge in [-0.15, -0.1) is 0 Å². The van der Waals surface area contributed by atoms with E-state index in [1.165, 1.54) is 94.1 Å². The third kappa shape index (κ3) is 5.47. The molecule has 3 heterocycles. The smallest absolute Gasteiger partial charge is 0.0743 e. The number of fused-ring (bicyclic) bond motifs is 12. The van der Waals surface area contributed by atoms with Crippen LogP contribution in [0.1, 0.15) is 22.3 Å². The molecule has 0 amide bonds. The molecule has 12 aromatic rings. The van der Waals surface area contributed by atoms with Crippen molar-refractivity contribution >= 4 is 66.7 Å². The minimum Gasteiger partial charge on any atom is -0.310 e. The first-order valence-corrected chi connectivity index (χ1v) is 23.5. The van der Waals surface area contributed by atoms with Crippen molar-refractivity contribution in [3.05, 3.63) is 283 Å². The minimum atomic E-state index is -0.707. The highest BCUT2D eigenvalue weighted by Gasteiger charge is 2.49. The monoisotopic (exact) mass is 865 g/mol. The van der Waals surface area contributed by atoms with Crippen molar-refractivity contribution in [2.45, 2.75) is 5.41 Å². The van der Waals surface area contributed by atoms with Gasteiger partial charge in [-0.2, -0.15) is 0 Å². The van der Waals surface area contributed by atoms with Gasteiger partial charge in [0.1, 0.15) is 0 Å². The molecule has 0 unspecified atom stereocenters. The van der Waals surface area contributed by atoms with Crippen molar-refractivity contribution in [1.29, 1.82) is 0 Å². The molecule has 0 fully saturated rings. The molecule has 14 rings (SSSR count). The topological polar surface area (TPSA) is 11.4 Å². The van der Waals surface area contributed by atoms with Crippen LogP contribution in [0.2, 0.25) is 0 Å². The van der Waals surface area contributed by atoms with E-state index >= 15 is 0 Å². The average molecular weight is 866 g/mol. The summed E-state index contributed by atoms with van der Waals surface area (Å²) in [6.07, 6.45) is 0. The van der Waals surface area contributed by atoms with Crippen molar-refractivity contribution in [3.63, 3.8) is 0 Å². The van der Waals surface area contributed by atoms with Gasteiger partial charge in [0.15, 0.2) is 0 Å². The van der Waals surface area contributed by atoms with Gasteiger partial charge in [0.25, 0.3) is 0 Å². The molecule has 0 bridgehead atoms. The summed E-state index contributed by atoms with van der Waals surface area (Å²) in [5, 5.41) is 4.88. The van der Waals surface area contributed by atoms with Gasteiger partial charge < -0.3 is 14.4 Å². The van der Waals surface area contributed by atoms with E-state index in [9.17, 15) is 0 Å². The lowest BCUT2D eigenvalue weighted by Crippen LogP contribution is -2.38. The van der Waals surface area contributed by atoms with E-state index in [1.807, 2.05) is 0 Å². The van der Waals surface area contributed by atoms with Crippen LogP contribution in [-0.4, -0.2) is 4.57 Å². The molecule has 11 aromatic carbocycles. The van der Waals surface area contributed by atoms with Gasteiger partial charge in [0.05, 0.1) is 33.5 Å². The summed E-state index contributed by atoms with van der Waals surface area (Å²) in [7, 11) is 0. The highest BCUT2D eigenvalue weighted by molar-refractivity contribution is 6.15. The molecule has 0 spiro atoms. The second kappa shape index (κ2) is 15.1. The normalized spacial score (nSPS) is 13.1. The maximum absolute atomic E-state index is 2.58. The van der Waals surface area contributed by atoms with E-state index < -0.39 is 5.41 Å². The number of aromatic nitrogens is 1. The van der Waals surface area contributed by atoms with Crippen LogP contribution in [-0.2, 0) is 5.41 Å².